The van der Waals surface area contributed by atoms with Gasteiger partial charge in [0.2, 0.25) is 11.9 Å². The molecule has 0 atom stereocenters. The first-order chi connectivity index (χ1) is 8.16. The largest absolute Gasteiger partial charge is 0.313 e. The fourth-order valence-electron chi connectivity index (χ4n) is 1.53. The minimum Gasteiger partial charge on any atom is -0.313 e. The predicted molar refractivity (Wildman–Crippen MR) is 67.1 cm³/mol. The highest BCUT2D eigenvalue weighted by Gasteiger charge is 2.06. The Labute approximate surface area is 104 Å². The maximum Gasteiger partial charge on any atom is 0.223 e. The van der Waals surface area contributed by atoms with Crippen molar-refractivity contribution in [2.45, 2.75) is 13.5 Å². The molecule has 1 aromatic heterocycles. The number of carbonyl (C=O) groups excluding carboxylic acids is 1. The molecule has 1 heterocycles. The molecule has 0 aliphatic heterocycles. The maximum absolute atomic E-state index is 11.0. The first-order valence-electron chi connectivity index (χ1n) is 5.19. The van der Waals surface area contributed by atoms with Gasteiger partial charge in [0.25, 0.3) is 0 Å². The van der Waals surface area contributed by atoms with E-state index in [9.17, 15) is 4.79 Å². The highest BCUT2D eigenvalue weighted by Crippen LogP contribution is 2.17. The first-order valence-corrected chi connectivity index (χ1v) is 5.57. The number of hydrogen-bond acceptors (Lipinski definition) is 2. The smallest absolute Gasteiger partial charge is 0.223 e. The van der Waals surface area contributed by atoms with Gasteiger partial charge in [0.15, 0.2) is 0 Å². The summed E-state index contributed by atoms with van der Waals surface area (Å²) in [5.74, 6) is 0.383. The van der Waals surface area contributed by atoms with Gasteiger partial charge in [-0.2, -0.15) is 0 Å². The summed E-state index contributed by atoms with van der Waals surface area (Å²) in [4.78, 5) is 15.1. The molecule has 0 saturated carbocycles. The molecule has 0 aliphatic carbocycles. The standard InChI is InChI=1S/C12H12ClN3O/c1-9(17)15-12-14-6-7-16(12)8-10-4-2-3-5-11(10)13/h2-7H,8H2,1H3,(H,14,15,17). The quantitative estimate of drug-likeness (QED) is 0.909. The van der Waals surface area contributed by atoms with Crippen LogP contribution in [-0.4, -0.2) is 15.5 Å². The van der Waals surface area contributed by atoms with Crippen LogP contribution in [0.1, 0.15) is 12.5 Å². The minimum absolute atomic E-state index is 0.142. The Hall–Kier alpha value is -1.81. The zero-order chi connectivity index (χ0) is 12.3. The van der Waals surface area contributed by atoms with Crippen molar-refractivity contribution in [1.82, 2.24) is 9.55 Å². The van der Waals surface area contributed by atoms with Crippen LogP contribution in [0.5, 0.6) is 0 Å². The topological polar surface area (TPSA) is 46.9 Å². The molecule has 0 bridgehead atoms. The van der Waals surface area contributed by atoms with Crippen LogP contribution in [0.4, 0.5) is 5.95 Å². The minimum atomic E-state index is -0.142. The van der Waals surface area contributed by atoms with Crippen LogP contribution in [-0.2, 0) is 11.3 Å². The van der Waals surface area contributed by atoms with Crippen LogP contribution in [0.3, 0.4) is 0 Å². The Balaban J connectivity index is 2.22. The van der Waals surface area contributed by atoms with Crippen molar-refractivity contribution in [2.24, 2.45) is 0 Å². The zero-order valence-electron chi connectivity index (χ0n) is 9.35. The van der Waals surface area contributed by atoms with Gasteiger partial charge in [-0.1, -0.05) is 29.8 Å². The third kappa shape index (κ3) is 2.85. The molecule has 0 saturated heterocycles. The molecule has 2 aromatic rings. The summed E-state index contributed by atoms with van der Waals surface area (Å²) >= 11 is 6.08. The lowest BCUT2D eigenvalue weighted by Gasteiger charge is -2.09. The average Bonchev–Trinajstić information content (AvgIpc) is 2.68. The molecular formula is C12H12ClN3O. The summed E-state index contributed by atoms with van der Waals surface area (Å²) in [5.41, 5.74) is 0.985. The summed E-state index contributed by atoms with van der Waals surface area (Å²) in [6, 6.07) is 7.59. The van der Waals surface area contributed by atoms with Crippen LogP contribution in [0, 0.1) is 0 Å². The van der Waals surface area contributed by atoms with Gasteiger partial charge in [0.1, 0.15) is 0 Å². The van der Waals surface area contributed by atoms with Crippen LogP contribution < -0.4 is 5.32 Å². The lowest BCUT2D eigenvalue weighted by Crippen LogP contribution is -2.12. The Morgan fingerprint density at radius 1 is 1.47 bits per heavy atom. The van der Waals surface area contributed by atoms with E-state index in [2.05, 4.69) is 10.3 Å². The van der Waals surface area contributed by atoms with Crippen molar-refractivity contribution in [1.29, 1.82) is 0 Å². The van der Waals surface area contributed by atoms with Gasteiger partial charge in [-0.15, -0.1) is 0 Å². The molecule has 88 valence electrons. The highest BCUT2D eigenvalue weighted by atomic mass is 35.5. The van der Waals surface area contributed by atoms with E-state index in [1.807, 2.05) is 28.8 Å². The summed E-state index contributed by atoms with van der Waals surface area (Å²) in [6.45, 7) is 2.03. The number of hydrogen-bond donors (Lipinski definition) is 1. The SMILES string of the molecule is CC(=O)Nc1nccn1Cc1ccccc1Cl. The third-order valence-electron chi connectivity index (χ3n) is 2.30. The molecule has 4 nitrogen and oxygen atoms in total. The molecule has 1 amide bonds. The van der Waals surface area contributed by atoms with Crippen molar-refractivity contribution < 1.29 is 4.79 Å². The molecule has 0 unspecified atom stereocenters. The van der Waals surface area contributed by atoms with Gasteiger partial charge in [0.05, 0.1) is 6.54 Å². The summed E-state index contributed by atoms with van der Waals surface area (Å²) < 4.78 is 1.84. The Kier molecular flexibility index (Phi) is 3.44. The van der Waals surface area contributed by atoms with E-state index in [0.29, 0.717) is 17.5 Å². The fraction of sp³-hybridized carbons (Fsp3) is 0.167. The monoisotopic (exact) mass is 249 g/mol. The molecular weight excluding hydrogens is 238 g/mol. The number of imidazole rings is 1. The molecule has 0 fully saturated rings. The molecule has 1 aromatic carbocycles. The second-order valence-electron chi connectivity index (χ2n) is 3.65. The van der Waals surface area contributed by atoms with Crippen molar-refractivity contribution in [3.8, 4) is 0 Å². The zero-order valence-corrected chi connectivity index (χ0v) is 10.1. The average molecular weight is 250 g/mol. The number of nitrogens with zero attached hydrogens (tertiary/aromatic N) is 2. The molecule has 0 radical (unpaired) electrons. The Morgan fingerprint density at radius 3 is 2.94 bits per heavy atom. The molecule has 2 rings (SSSR count). The van der Waals surface area contributed by atoms with Crippen LogP contribution in [0.25, 0.3) is 0 Å². The van der Waals surface area contributed by atoms with Gasteiger partial charge >= 0.3 is 0 Å². The lowest BCUT2D eigenvalue weighted by atomic mass is 10.2. The van der Waals surface area contributed by atoms with E-state index in [1.54, 1.807) is 12.4 Å². The van der Waals surface area contributed by atoms with Gasteiger partial charge in [-0.25, -0.2) is 4.98 Å². The number of benzene rings is 1. The van der Waals surface area contributed by atoms with E-state index in [0.717, 1.165) is 5.56 Å². The van der Waals surface area contributed by atoms with Crippen LogP contribution in [0.15, 0.2) is 36.7 Å². The van der Waals surface area contributed by atoms with Gasteiger partial charge in [-0.05, 0) is 11.6 Å². The second kappa shape index (κ2) is 5.01. The van der Waals surface area contributed by atoms with Crippen molar-refractivity contribution >= 4 is 23.5 Å². The molecule has 0 aliphatic rings. The molecule has 1 N–H and O–H groups in total. The third-order valence-corrected chi connectivity index (χ3v) is 2.67. The van der Waals surface area contributed by atoms with Crippen molar-refractivity contribution in [2.75, 3.05) is 5.32 Å². The molecule has 17 heavy (non-hydrogen) atoms. The van der Waals surface area contributed by atoms with Gasteiger partial charge in [0, 0.05) is 24.3 Å². The molecule has 5 heteroatoms. The normalized spacial score (nSPS) is 10.2. The van der Waals surface area contributed by atoms with Crippen LogP contribution >= 0.6 is 11.6 Å². The number of anilines is 1. The number of rotatable bonds is 3. The summed E-state index contributed by atoms with van der Waals surface area (Å²) in [5, 5.41) is 3.37. The Bertz CT molecular complexity index is 536. The number of nitrogens with one attached hydrogen (secondary N) is 1. The second-order valence-corrected chi connectivity index (χ2v) is 4.06. The van der Waals surface area contributed by atoms with Crippen LogP contribution in [0.2, 0.25) is 5.02 Å². The Morgan fingerprint density at radius 2 is 2.24 bits per heavy atom. The van der Waals surface area contributed by atoms with Crippen molar-refractivity contribution in [3.05, 3.63) is 47.2 Å². The number of carbonyl (C=O) groups is 1. The van der Waals surface area contributed by atoms with E-state index >= 15 is 0 Å². The molecule has 0 spiro atoms. The number of halogens is 1. The number of aromatic nitrogens is 2. The first kappa shape index (κ1) is 11.7. The summed E-state index contributed by atoms with van der Waals surface area (Å²) in [7, 11) is 0. The predicted octanol–water partition coefficient (Wildman–Crippen LogP) is 2.54. The summed E-state index contributed by atoms with van der Waals surface area (Å²) in [6.07, 6.45) is 3.44. The highest BCUT2D eigenvalue weighted by molar-refractivity contribution is 6.31. The van der Waals surface area contributed by atoms with E-state index < -0.39 is 0 Å². The van der Waals surface area contributed by atoms with Gasteiger partial charge < -0.3 is 4.57 Å². The number of amides is 1. The van der Waals surface area contributed by atoms with E-state index in [4.69, 9.17) is 11.6 Å². The lowest BCUT2D eigenvalue weighted by molar-refractivity contribution is -0.114. The maximum atomic E-state index is 11.0. The van der Waals surface area contributed by atoms with Crippen molar-refractivity contribution in [3.63, 3.8) is 0 Å². The van der Waals surface area contributed by atoms with E-state index in [-0.39, 0.29) is 5.91 Å². The van der Waals surface area contributed by atoms with Gasteiger partial charge in [-0.3, -0.25) is 10.1 Å². The van der Waals surface area contributed by atoms with E-state index in [1.165, 1.54) is 6.92 Å². The fourth-order valence-corrected chi connectivity index (χ4v) is 1.72.